The molecule has 1 N–H and O–H groups in total. The predicted octanol–water partition coefficient (Wildman–Crippen LogP) is 3.91. The summed E-state index contributed by atoms with van der Waals surface area (Å²) in [5, 5.41) is 10.4. The Labute approximate surface area is 106 Å². The van der Waals surface area contributed by atoms with E-state index in [4.69, 9.17) is 4.42 Å². The number of thiophene rings is 1. The second-order valence-corrected chi connectivity index (χ2v) is 5.51. The summed E-state index contributed by atoms with van der Waals surface area (Å²) in [5.41, 5.74) is 1.98. The van der Waals surface area contributed by atoms with Gasteiger partial charge in [-0.3, -0.25) is 0 Å². The highest BCUT2D eigenvalue weighted by Crippen LogP contribution is 2.34. The molecule has 2 rings (SSSR count). The number of hydrogen-bond acceptors (Lipinski definition) is 3. The van der Waals surface area contributed by atoms with E-state index in [2.05, 4.69) is 13.0 Å². The summed E-state index contributed by atoms with van der Waals surface area (Å²) in [7, 11) is 0. The Morgan fingerprint density at radius 2 is 1.94 bits per heavy atom. The molecular formula is C14H18O2S. The lowest BCUT2D eigenvalue weighted by Gasteiger charge is -2.08. The molecule has 2 nitrogen and oxygen atoms in total. The summed E-state index contributed by atoms with van der Waals surface area (Å²) in [6.07, 6.45) is 0.456. The Hall–Kier alpha value is -1.06. The largest absolute Gasteiger partial charge is 0.466 e. The Bertz CT molecular complexity index is 522. The van der Waals surface area contributed by atoms with E-state index in [1.54, 1.807) is 11.3 Å². The van der Waals surface area contributed by atoms with E-state index in [1.807, 2.05) is 26.8 Å². The molecule has 0 spiro atoms. The minimum atomic E-state index is -0.558. The van der Waals surface area contributed by atoms with E-state index in [0.29, 0.717) is 0 Å². The van der Waals surface area contributed by atoms with Crippen LogP contribution in [0.1, 0.15) is 45.4 Å². The zero-order chi connectivity index (χ0) is 12.6. The van der Waals surface area contributed by atoms with Crippen molar-refractivity contribution in [2.75, 3.05) is 0 Å². The van der Waals surface area contributed by atoms with Crippen LogP contribution in [0.4, 0.5) is 0 Å². The van der Waals surface area contributed by atoms with Gasteiger partial charge in [0.25, 0.3) is 0 Å². The molecule has 2 heterocycles. The van der Waals surface area contributed by atoms with Crippen molar-refractivity contribution < 1.29 is 9.52 Å². The van der Waals surface area contributed by atoms with E-state index in [-0.39, 0.29) is 0 Å². The first kappa shape index (κ1) is 12.4. The van der Waals surface area contributed by atoms with Crippen LogP contribution in [0, 0.1) is 20.8 Å². The summed E-state index contributed by atoms with van der Waals surface area (Å²) in [6.45, 7) is 7.97. The van der Waals surface area contributed by atoms with Gasteiger partial charge < -0.3 is 9.52 Å². The number of furan rings is 1. The molecule has 2 aromatic rings. The van der Waals surface area contributed by atoms with Crippen LogP contribution in [0.2, 0.25) is 0 Å². The third kappa shape index (κ3) is 2.17. The van der Waals surface area contributed by atoms with Gasteiger partial charge in [0, 0.05) is 15.3 Å². The van der Waals surface area contributed by atoms with E-state index in [9.17, 15) is 5.11 Å². The molecule has 0 aliphatic carbocycles. The number of hydrogen-bond donors (Lipinski definition) is 1. The normalized spacial score (nSPS) is 13.0. The molecule has 2 aromatic heterocycles. The third-order valence-electron chi connectivity index (χ3n) is 3.19. The molecule has 1 atom stereocenters. The van der Waals surface area contributed by atoms with Gasteiger partial charge in [0.2, 0.25) is 0 Å². The molecule has 3 heteroatoms. The molecule has 92 valence electrons. The SMILES string of the molecule is CCc1ccc(C(O)c2c(C)oc(C)c2C)s1. The summed E-state index contributed by atoms with van der Waals surface area (Å²) in [5.74, 6) is 1.71. The number of aliphatic hydroxyl groups excluding tert-OH is 1. The Morgan fingerprint density at radius 1 is 1.24 bits per heavy atom. The van der Waals surface area contributed by atoms with E-state index < -0.39 is 6.10 Å². The molecule has 0 saturated heterocycles. The van der Waals surface area contributed by atoms with E-state index in [1.165, 1.54) is 4.88 Å². The van der Waals surface area contributed by atoms with Crippen LogP contribution in [-0.2, 0) is 6.42 Å². The summed E-state index contributed by atoms with van der Waals surface area (Å²) in [6, 6.07) is 4.09. The van der Waals surface area contributed by atoms with E-state index >= 15 is 0 Å². The van der Waals surface area contributed by atoms with Crippen LogP contribution >= 0.6 is 11.3 Å². The monoisotopic (exact) mass is 250 g/mol. The van der Waals surface area contributed by atoms with Gasteiger partial charge in [0.05, 0.1) is 0 Å². The van der Waals surface area contributed by atoms with Crippen LogP contribution in [0.25, 0.3) is 0 Å². The molecule has 0 aliphatic heterocycles. The summed E-state index contributed by atoms with van der Waals surface area (Å²) in [4.78, 5) is 2.29. The fourth-order valence-electron chi connectivity index (χ4n) is 2.09. The fraction of sp³-hybridized carbons (Fsp3) is 0.429. The molecule has 0 radical (unpaired) electrons. The first-order valence-corrected chi connectivity index (χ1v) is 6.69. The van der Waals surface area contributed by atoms with Gasteiger partial charge in [-0.05, 0) is 44.9 Å². The van der Waals surface area contributed by atoms with Crippen LogP contribution in [-0.4, -0.2) is 5.11 Å². The highest BCUT2D eigenvalue weighted by atomic mass is 32.1. The maximum absolute atomic E-state index is 10.4. The van der Waals surface area contributed by atoms with Crippen molar-refractivity contribution in [3.8, 4) is 0 Å². The second-order valence-electron chi connectivity index (χ2n) is 4.31. The Kier molecular flexibility index (Phi) is 3.40. The highest BCUT2D eigenvalue weighted by Gasteiger charge is 2.21. The highest BCUT2D eigenvalue weighted by molar-refractivity contribution is 7.12. The maximum atomic E-state index is 10.4. The molecule has 0 fully saturated rings. The fourth-order valence-corrected chi connectivity index (χ4v) is 3.03. The van der Waals surface area contributed by atoms with Gasteiger partial charge in [0.1, 0.15) is 17.6 Å². The molecule has 17 heavy (non-hydrogen) atoms. The lowest BCUT2D eigenvalue weighted by Crippen LogP contribution is -1.99. The topological polar surface area (TPSA) is 33.4 Å². The van der Waals surface area contributed by atoms with Gasteiger partial charge in [-0.25, -0.2) is 0 Å². The Balaban J connectivity index is 2.39. The molecule has 0 aromatic carbocycles. The van der Waals surface area contributed by atoms with Crippen LogP contribution in [0.15, 0.2) is 16.5 Å². The van der Waals surface area contributed by atoms with Gasteiger partial charge in [-0.1, -0.05) is 6.92 Å². The average molecular weight is 250 g/mol. The molecular weight excluding hydrogens is 232 g/mol. The molecule has 0 amide bonds. The molecule has 0 aliphatic rings. The van der Waals surface area contributed by atoms with Crippen LogP contribution < -0.4 is 0 Å². The van der Waals surface area contributed by atoms with Crippen molar-refractivity contribution in [2.45, 2.75) is 40.2 Å². The van der Waals surface area contributed by atoms with Crippen molar-refractivity contribution in [3.63, 3.8) is 0 Å². The molecule has 0 bridgehead atoms. The van der Waals surface area contributed by atoms with Crippen molar-refractivity contribution in [1.29, 1.82) is 0 Å². The number of aryl methyl sites for hydroxylation is 3. The molecule has 1 unspecified atom stereocenters. The first-order chi connectivity index (χ1) is 8.04. The first-order valence-electron chi connectivity index (χ1n) is 5.87. The predicted molar refractivity (Wildman–Crippen MR) is 70.7 cm³/mol. The van der Waals surface area contributed by atoms with Crippen molar-refractivity contribution in [3.05, 3.63) is 44.5 Å². The number of aliphatic hydroxyl groups is 1. The van der Waals surface area contributed by atoms with Gasteiger partial charge >= 0.3 is 0 Å². The van der Waals surface area contributed by atoms with Crippen molar-refractivity contribution >= 4 is 11.3 Å². The quantitative estimate of drug-likeness (QED) is 0.896. The van der Waals surface area contributed by atoms with E-state index in [0.717, 1.165) is 33.9 Å². The minimum absolute atomic E-state index is 0.558. The standard InChI is InChI=1S/C14H18O2S/c1-5-11-6-7-12(17-11)14(15)13-8(2)9(3)16-10(13)4/h6-7,14-15H,5H2,1-4H3. The second kappa shape index (κ2) is 4.67. The Morgan fingerprint density at radius 3 is 2.41 bits per heavy atom. The van der Waals surface area contributed by atoms with Crippen molar-refractivity contribution in [2.24, 2.45) is 0 Å². The smallest absolute Gasteiger partial charge is 0.117 e. The number of rotatable bonds is 3. The lowest BCUT2D eigenvalue weighted by molar-refractivity contribution is 0.221. The summed E-state index contributed by atoms with van der Waals surface area (Å²) >= 11 is 1.67. The van der Waals surface area contributed by atoms with Crippen molar-refractivity contribution in [1.82, 2.24) is 0 Å². The van der Waals surface area contributed by atoms with Crippen LogP contribution in [0.5, 0.6) is 0 Å². The lowest BCUT2D eigenvalue weighted by atomic mass is 10.0. The van der Waals surface area contributed by atoms with Gasteiger partial charge in [0.15, 0.2) is 0 Å². The summed E-state index contributed by atoms with van der Waals surface area (Å²) < 4.78 is 5.57. The van der Waals surface area contributed by atoms with Gasteiger partial charge in [-0.2, -0.15) is 0 Å². The van der Waals surface area contributed by atoms with Crippen LogP contribution in [0.3, 0.4) is 0 Å². The molecule has 0 saturated carbocycles. The average Bonchev–Trinajstić information content (AvgIpc) is 2.85. The van der Waals surface area contributed by atoms with Gasteiger partial charge in [-0.15, -0.1) is 11.3 Å². The maximum Gasteiger partial charge on any atom is 0.117 e. The third-order valence-corrected chi connectivity index (χ3v) is 4.47. The minimum Gasteiger partial charge on any atom is -0.466 e. The zero-order valence-corrected chi connectivity index (χ0v) is 11.5. The zero-order valence-electron chi connectivity index (χ0n) is 10.7.